The molecule has 0 bridgehead atoms. The summed E-state index contributed by atoms with van der Waals surface area (Å²) < 4.78 is 28.9. The summed E-state index contributed by atoms with van der Waals surface area (Å²) in [6.45, 7) is 3.87. The third-order valence-corrected chi connectivity index (χ3v) is 6.62. The van der Waals surface area contributed by atoms with Crippen LogP contribution in [0.3, 0.4) is 0 Å². The molecule has 6 heteroatoms. The molecule has 0 spiro atoms. The Labute approximate surface area is 181 Å². The first-order valence-corrected chi connectivity index (χ1v) is 11.4. The number of hydrogen-bond donors (Lipinski definition) is 3. The Morgan fingerprint density at radius 1 is 0.742 bits per heavy atom. The minimum atomic E-state index is -3.86. The first-order chi connectivity index (χ1) is 14.8. The lowest BCUT2D eigenvalue weighted by Gasteiger charge is -2.16. The van der Waals surface area contributed by atoms with E-state index in [-0.39, 0.29) is 22.3 Å². The molecule has 0 atom stereocenters. The van der Waals surface area contributed by atoms with E-state index in [0.717, 1.165) is 10.8 Å². The topological polar surface area (TPSA) is 86.6 Å². The predicted molar refractivity (Wildman–Crippen MR) is 124 cm³/mol. The maximum Gasteiger partial charge on any atom is 0.261 e. The molecule has 0 unspecified atom stereocenters. The summed E-state index contributed by atoms with van der Waals surface area (Å²) in [6, 6.07) is 22.4. The zero-order valence-corrected chi connectivity index (χ0v) is 18.0. The molecule has 3 N–H and O–H groups in total. The van der Waals surface area contributed by atoms with Crippen LogP contribution in [0.25, 0.3) is 21.9 Å². The van der Waals surface area contributed by atoms with Gasteiger partial charge in [0.1, 0.15) is 11.5 Å². The summed E-state index contributed by atoms with van der Waals surface area (Å²) in [5, 5.41) is 22.4. The van der Waals surface area contributed by atoms with E-state index in [9.17, 15) is 18.6 Å². The van der Waals surface area contributed by atoms with E-state index in [4.69, 9.17) is 0 Å². The Kier molecular flexibility index (Phi) is 5.33. The number of phenols is 2. The maximum atomic E-state index is 13.1. The van der Waals surface area contributed by atoms with E-state index in [2.05, 4.69) is 4.72 Å². The van der Waals surface area contributed by atoms with Gasteiger partial charge in [0.15, 0.2) is 0 Å². The average molecular weight is 434 g/mol. The monoisotopic (exact) mass is 433 g/mol. The van der Waals surface area contributed by atoms with Gasteiger partial charge in [-0.3, -0.25) is 4.72 Å². The second-order valence-electron chi connectivity index (χ2n) is 7.74. The van der Waals surface area contributed by atoms with Gasteiger partial charge in [0.25, 0.3) is 10.0 Å². The number of fused-ring (bicyclic) bond motifs is 1. The normalized spacial score (nSPS) is 11.7. The molecular weight excluding hydrogens is 410 g/mol. The highest BCUT2D eigenvalue weighted by Gasteiger charge is 2.19. The number of aromatic hydroxyl groups is 2. The zero-order chi connectivity index (χ0) is 22.2. The molecule has 0 radical (unpaired) electrons. The van der Waals surface area contributed by atoms with E-state index >= 15 is 0 Å². The molecular formula is C25H23NO4S. The molecule has 4 rings (SSSR count). The molecule has 0 aliphatic heterocycles. The minimum Gasteiger partial charge on any atom is -0.508 e. The number of benzene rings is 4. The SMILES string of the molecule is CC(C)c1cc(-c2ccccc2NS(=O)(=O)c2ccc3ccccc3c2)c(O)cc1O. The molecule has 0 heterocycles. The number of rotatable bonds is 5. The smallest absolute Gasteiger partial charge is 0.261 e. The van der Waals surface area contributed by atoms with Crippen molar-refractivity contribution in [2.75, 3.05) is 4.72 Å². The second-order valence-corrected chi connectivity index (χ2v) is 9.43. The fourth-order valence-electron chi connectivity index (χ4n) is 3.62. The van der Waals surface area contributed by atoms with Crippen LogP contribution >= 0.6 is 0 Å². The molecule has 0 aromatic heterocycles. The minimum absolute atomic E-state index is 0.00507. The first-order valence-electron chi connectivity index (χ1n) is 9.93. The highest BCUT2D eigenvalue weighted by Crippen LogP contribution is 2.41. The molecule has 0 saturated carbocycles. The van der Waals surface area contributed by atoms with Gasteiger partial charge in [-0.05, 0) is 46.5 Å². The first kappa shape index (κ1) is 20.8. The van der Waals surface area contributed by atoms with Crippen molar-refractivity contribution in [2.24, 2.45) is 0 Å². The Morgan fingerprint density at radius 2 is 1.42 bits per heavy atom. The van der Waals surface area contributed by atoms with E-state index in [1.165, 1.54) is 6.07 Å². The lowest BCUT2D eigenvalue weighted by atomic mass is 9.95. The number of hydrogen-bond acceptors (Lipinski definition) is 4. The Balaban J connectivity index is 1.78. The number of anilines is 1. The van der Waals surface area contributed by atoms with Crippen LogP contribution in [-0.4, -0.2) is 18.6 Å². The van der Waals surface area contributed by atoms with Gasteiger partial charge in [-0.2, -0.15) is 0 Å². The van der Waals surface area contributed by atoms with E-state index in [1.807, 2.05) is 38.1 Å². The van der Waals surface area contributed by atoms with Crippen molar-refractivity contribution < 1.29 is 18.6 Å². The van der Waals surface area contributed by atoms with Gasteiger partial charge >= 0.3 is 0 Å². The summed E-state index contributed by atoms with van der Waals surface area (Å²) in [5.41, 5.74) is 1.97. The van der Waals surface area contributed by atoms with Crippen molar-refractivity contribution in [3.8, 4) is 22.6 Å². The van der Waals surface area contributed by atoms with Crippen LogP contribution in [0.4, 0.5) is 5.69 Å². The average Bonchev–Trinajstić information content (AvgIpc) is 2.73. The van der Waals surface area contributed by atoms with Gasteiger partial charge in [-0.25, -0.2) is 8.42 Å². The third kappa shape index (κ3) is 4.07. The van der Waals surface area contributed by atoms with Gasteiger partial charge in [-0.1, -0.05) is 62.4 Å². The summed E-state index contributed by atoms with van der Waals surface area (Å²) in [4.78, 5) is 0.152. The lowest BCUT2D eigenvalue weighted by Crippen LogP contribution is -2.13. The van der Waals surface area contributed by atoms with Crippen LogP contribution in [0.15, 0.2) is 83.8 Å². The molecule has 5 nitrogen and oxygen atoms in total. The Morgan fingerprint density at radius 3 is 2.16 bits per heavy atom. The summed E-state index contributed by atoms with van der Waals surface area (Å²) >= 11 is 0. The second kappa shape index (κ2) is 7.96. The maximum absolute atomic E-state index is 13.1. The highest BCUT2D eigenvalue weighted by atomic mass is 32.2. The van der Waals surface area contributed by atoms with Crippen LogP contribution in [0.1, 0.15) is 25.3 Å². The quantitative estimate of drug-likeness (QED) is 0.369. The fraction of sp³-hybridized carbons (Fsp3) is 0.120. The van der Waals surface area contributed by atoms with Crippen LogP contribution < -0.4 is 4.72 Å². The number of phenolic OH excluding ortho intramolecular Hbond substituents is 2. The fourth-order valence-corrected chi connectivity index (χ4v) is 4.73. The van der Waals surface area contributed by atoms with E-state index in [1.54, 1.807) is 48.5 Å². The van der Waals surface area contributed by atoms with Crippen molar-refractivity contribution in [2.45, 2.75) is 24.7 Å². The van der Waals surface area contributed by atoms with Crippen molar-refractivity contribution in [3.63, 3.8) is 0 Å². The number of para-hydroxylation sites is 1. The molecule has 0 saturated heterocycles. The molecule has 4 aromatic rings. The van der Waals surface area contributed by atoms with Gasteiger partial charge in [-0.15, -0.1) is 0 Å². The summed E-state index contributed by atoms with van der Waals surface area (Å²) in [6.07, 6.45) is 0. The zero-order valence-electron chi connectivity index (χ0n) is 17.2. The highest BCUT2D eigenvalue weighted by molar-refractivity contribution is 7.92. The molecule has 0 aliphatic carbocycles. The Hall–Kier alpha value is -3.51. The number of nitrogens with one attached hydrogen (secondary N) is 1. The molecule has 0 amide bonds. The molecule has 0 aliphatic rings. The van der Waals surface area contributed by atoms with Crippen molar-refractivity contribution in [3.05, 3.63) is 84.4 Å². The molecule has 158 valence electrons. The molecule has 31 heavy (non-hydrogen) atoms. The van der Waals surface area contributed by atoms with Gasteiger partial charge in [0.2, 0.25) is 0 Å². The summed E-state index contributed by atoms with van der Waals surface area (Å²) in [7, 11) is -3.86. The summed E-state index contributed by atoms with van der Waals surface area (Å²) in [5.74, 6) is -0.0921. The Bertz CT molecular complexity index is 1380. The van der Waals surface area contributed by atoms with Crippen LogP contribution in [0.2, 0.25) is 0 Å². The van der Waals surface area contributed by atoms with Crippen molar-refractivity contribution >= 4 is 26.5 Å². The van der Waals surface area contributed by atoms with Crippen molar-refractivity contribution in [1.29, 1.82) is 0 Å². The third-order valence-electron chi connectivity index (χ3n) is 5.26. The van der Waals surface area contributed by atoms with Crippen molar-refractivity contribution in [1.82, 2.24) is 0 Å². The van der Waals surface area contributed by atoms with E-state index < -0.39 is 10.0 Å². The molecule has 4 aromatic carbocycles. The van der Waals surface area contributed by atoms with Crippen LogP contribution in [0.5, 0.6) is 11.5 Å². The van der Waals surface area contributed by atoms with Gasteiger partial charge in [0, 0.05) is 17.2 Å². The predicted octanol–water partition coefficient (Wildman–Crippen LogP) is 5.84. The molecule has 0 fully saturated rings. The van der Waals surface area contributed by atoms with E-state index in [0.29, 0.717) is 22.4 Å². The van der Waals surface area contributed by atoms with Crippen LogP contribution in [0, 0.1) is 0 Å². The van der Waals surface area contributed by atoms with Crippen LogP contribution in [-0.2, 0) is 10.0 Å². The standard InChI is InChI=1S/C25H23NO4S/c1-16(2)21-14-22(25(28)15-24(21)27)20-9-5-6-10-23(20)26-31(29,30)19-12-11-17-7-3-4-8-18(17)13-19/h3-16,26-28H,1-2H3. The number of sulfonamides is 1. The lowest BCUT2D eigenvalue weighted by molar-refractivity contribution is 0.445. The van der Waals surface area contributed by atoms with Gasteiger partial charge in [0.05, 0.1) is 10.6 Å². The largest absolute Gasteiger partial charge is 0.508 e. The van der Waals surface area contributed by atoms with Gasteiger partial charge < -0.3 is 10.2 Å².